The lowest BCUT2D eigenvalue weighted by Gasteiger charge is -2.26. The maximum Gasteiger partial charge on any atom is 0.0451 e. The van der Waals surface area contributed by atoms with E-state index in [2.05, 4.69) is 63.2 Å². The maximum absolute atomic E-state index is 3.61. The van der Waals surface area contributed by atoms with Gasteiger partial charge in [0.1, 0.15) is 0 Å². The summed E-state index contributed by atoms with van der Waals surface area (Å²) >= 11 is 0. The first-order chi connectivity index (χ1) is 8.58. The van der Waals surface area contributed by atoms with Gasteiger partial charge in [0.05, 0.1) is 0 Å². The predicted octanol–water partition coefficient (Wildman–Crippen LogP) is 3.30. The van der Waals surface area contributed by atoms with Crippen LogP contribution in [0.25, 0.3) is 0 Å². The molecule has 0 aliphatic carbocycles. The highest BCUT2D eigenvalue weighted by atomic mass is 15.1. The molecule has 2 nitrogen and oxygen atoms in total. The molecule has 0 aromatic heterocycles. The average molecular weight is 248 g/mol. The van der Waals surface area contributed by atoms with Crippen LogP contribution >= 0.6 is 0 Å². The first kappa shape index (κ1) is 15.2. The zero-order valence-electron chi connectivity index (χ0n) is 12.6. The molecule has 0 saturated carbocycles. The number of aryl methyl sites for hydroxylation is 2. The second-order valence-corrected chi connectivity index (χ2v) is 5.23. The van der Waals surface area contributed by atoms with Crippen LogP contribution in [0.2, 0.25) is 0 Å². The number of hydrogen-bond acceptors (Lipinski definition) is 2. The molecule has 0 fully saturated rings. The molecule has 0 spiro atoms. The molecule has 0 bridgehead atoms. The summed E-state index contributed by atoms with van der Waals surface area (Å²) in [6, 6.07) is 7.18. The summed E-state index contributed by atoms with van der Waals surface area (Å²) < 4.78 is 0. The molecule has 18 heavy (non-hydrogen) atoms. The average Bonchev–Trinajstić information content (AvgIpc) is 2.32. The Kier molecular flexibility index (Phi) is 6.37. The van der Waals surface area contributed by atoms with Gasteiger partial charge in [0, 0.05) is 12.6 Å². The Hall–Kier alpha value is -0.860. The lowest BCUT2D eigenvalue weighted by molar-refractivity contribution is 0.292. The normalized spacial score (nSPS) is 13.0. The number of hydrogen-bond donors (Lipinski definition) is 1. The molecule has 1 aromatic rings. The van der Waals surface area contributed by atoms with E-state index in [1.807, 2.05) is 0 Å². The van der Waals surface area contributed by atoms with Crippen molar-refractivity contribution in [2.75, 3.05) is 26.7 Å². The molecular formula is C16H28N2. The molecule has 1 rings (SSSR count). The largest absolute Gasteiger partial charge is 0.309 e. The van der Waals surface area contributed by atoms with Gasteiger partial charge in [-0.1, -0.05) is 37.6 Å². The van der Waals surface area contributed by atoms with E-state index in [1.165, 1.54) is 23.1 Å². The van der Waals surface area contributed by atoms with Crippen LogP contribution in [0.15, 0.2) is 18.2 Å². The first-order valence-corrected chi connectivity index (χ1v) is 7.07. The Morgan fingerprint density at radius 3 is 2.56 bits per heavy atom. The number of nitrogens with zero attached hydrogens (tertiary/aromatic N) is 1. The van der Waals surface area contributed by atoms with E-state index in [-0.39, 0.29) is 0 Å². The fraction of sp³-hybridized carbons (Fsp3) is 0.625. The van der Waals surface area contributed by atoms with Crippen LogP contribution in [0.1, 0.15) is 43.0 Å². The smallest absolute Gasteiger partial charge is 0.0451 e. The van der Waals surface area contributed by atoms with Gasteiger partial charge in [0.15, 0.2) is 0 Å². The van der Waals surface area contributed by atoms with Gasteiger partial charge in [-0.25, -0.2) is 0 Å². The van der Waals surface area contributed by atoms with E-state index >= 15 is 0 Å². The fourth-order valence-corrected chi connectivity index (χ4v) is 2.44. The fourth-order valence-electron chi connectivity index (χ4n) is 2.44. The number of nitrogens with one attached hydrogen (secondary N) is 1. The molecule has 1 unspecified atom stereocenters. The Balaban J connectivity index is 2.85. The number of likely N-dealkylation sites (N-methyl/N-ethyl adjacent to an activating group) is 2. The van der Waals surface area contributed by atoms with Gasteiger partial charge in [-0.15, -0.1) is 0 Å². The molecule has 0 heterocycles. The Labute approximate surface area is 112 Å². The highest BCUT2D eigenvalue weighted by Gasteiger charge is 2.14. The molecule has 1 N–H and O–H groups in total. The molecule has 0 saturated heterocycles. The minimum atomic E-state index is 0.437. The third kappa shape index (κ3) is 4.43. The molecule has 0 amide bonds. The summed E-state index contributed by atoms with van der Waals surface area (Å²) in [5, 5.41) is 3.61. The van der Waals surface area contributed by atoms with Crippen molar-refractivity contribution in [1.29, 1.82) is 0 Å². The third-order valence-corrected chi connectivity index (χ3v) is 3.36. The molecule has 1 atom stereocenters. The van der Waals surface area contributed by atoms with Crippen molar-refractivity contribution in [2.24, 2.45) is 0 Å². The zero-order chi connectivity index (χ0) is 13.5. The highest BCUT2D eigenvalue weighted by Crippen LogP contribution is 2.20. The first-order valence-electron chi connectivity index (χ1n) is 7.07. The van der Waals surface area contributed by atoms with E-state index in [0.717, 1.165) is 19.6 Å². The van der Waals surface area contributed by atoms with Crippen LogP contribution in [0.5, 0.6) is 0 Å². The van der Waals surface area contributed by atoms with Gasteiger partial charge in [0.2, 0.25) is 0 Å². The van der Waals surface area contributed by atoms with Crippen molar-refractivity contribution in [3.8, 4) is 0 Å². The molecular weight excluding hydrogens is 220 g/mol. The summed E-state index contributed by atoms with van der Waals surface area (Å²) in [5.74, 6) is 0. The van der Waals surface area contributed by atoms with Crippen LogP contribution in [0.4, 0.5) is 0 Å². The van der Waals surface area contributed by atoms with Crippen LogP contribution in [-0.2, 0) is 0 Å². The van der Waals surface area contributed by atoms with Crippen molar-refractivity contribution in [1.82, 2.24) is 10.2 Å². The van der Waals surface area contributed by atoms with Gasteiger partial charge in [-0.05, 0) is 51.5 Å². The van der Waals surface area contributed by atoms with Gasteiger partial charge >= 0.3 is 0 Å². The monoisotopic (exact) mass is 248 g/mol. The van der Waals surface area contributed by atoms with Gasteiger partial charge < -0.3 is 10.2 Å². The topological polar surface area (TPSA) is 15.3 Å². The summed E-state index contributed by atoms with van der Waals surface area (Å²) in [4.78, 5) is 2.41. The van der Waals surface area contributed by atoms with Crippen LogP contribution in [0.3, 0.4) is 0 Å². The summed E-state index contributed by atoms with van der Waals surface area (Å²) in [6.07, 6.45) is 1.21. The number of benzene rings is 1. The molecule has 0 aliphatic heterocycles. The quantitative estimate of drug-likeness (QED) is 0.796. The van der Waals surface area contributed by atoms with Crippen molar-refractivity contribution in [2.45, 2.75) is 40.2 Å². The molecule has 0 aliphatic rings. The lowest BCUT2D eigenvalue weighted by Crippen LogP contribution is -2.33. The van der Waals surface area contributed by atoms with Crippen LogP contribution < -0.4 is 5.32 Å². The predicted molar refractivity (Wildman–Crippen MR) is 80.1 cm³/mol. The van der Waals surface area contributed by atoms with Crippen molar-refractivity contribution < 1.29 is 0 Å². The Morgan fingerprint density at radius 1 is 1.22 bits per heavy atom. The molecule has 2 heteroatoms. The second-order valence-electron chi connectivity index (χ2n) is 5.23. The van der Waals surface area contributed by atoms with Crippen LogP contribution in [0, 0.1) is 13.8 Å². The van der Waals surface area contributed by atoms with Gasteiger partial charge in [-0.3, -0.25) is 0 Å². The highest BCUT2D eigenvalue weighted by molar-refractivity contribution is 5.33. The SMILES string of the molecule is CCCN(C)CC(NCC)c1cc(C)ccc1C. The van der Waals surface area contributed by atoms with E-state index in [0.29, 0.717) is 6.04 Å². The summed E-state index contributed by atoms with van der Waals surface area (Å²) in [5.41, 5.74) is 4.17. The molecule has 102 valence electrons. The molecule has 1 aromatic carbocycles. The van der Waals surface area contributed by atoms with E-state index < -0.39 is 0 Å². The summed E-state index contributed by atoms with van der Waals surface area (Å²) in [7, 11) is 2.21. The molecule has 0 radical (unpaired) electrons. The van der Waals surface area contributed by atoms with Gasteiger partial charge in [0.25, 0.3) is 0 Å². The lowest BCUT2D eigenvalue weighted by atomic mass is 9.98. The minimum Gasteiger partial charge on any atom is -0.309 e. The minimum absolute atomic E-state index is 0.437. The maximum atomic E-state index is 3.61. The van der Waals surface area contributed by atoms with Crippen molar-refractivity contribution in [3.63, 3.8) is 0 Å². The van der Waals surface area contributed by atoms with E-state index in [4.69, 9.17) is 0 Å². The van der Waals surface area contributed by atoms with Crippen molar-refractivity contribution >= 4 is 0 Å². The van der Waals surface area contributed by atoms with E-state index in [1.54, 1.807) is 0 Å². The Bertz CT molecular complexity index is 360. The second kappa shape index (κ2) is 7.55. The van der Waals surface area contributed by atoms with Crippen LogP contribution in [-0.4, -0.2) is 31.6 Å². The standard InChI is InChI=1S/C16H28N2/c1-6-10-18(5)12-16(17-7-2)15-11-13(3)8-9-14(15)4/h8-9,11,16-17H,6-7,10,12H2,1-5H3. The van der Waals surface area contributed by atoms with E-state index in [9.17, 15) is 0 Å². The zero-order valence-corrected chi connectivity index (χ0v) is 12.6. The number of rotatable bonds is 7. The van der Waals surface area contributed by atoms with Gasteiger partial charge in [-0.2, -0.15) is 0 Å². The Morgan fingerprint density at radius 2 is 1.94 bits per heavy atom. The van der Waals surface area contributed by atoms with Crippen molar-refractivity contribution in [3.05, 3.63) is 34.9 Å². The summed E-state index contributed by atoms with van der Waals surface area (Å²) in [6.45, 7) is 12.0. The third-order valence-electron chi connectivity index (χ3n) is 3.36.